The third-order valence-corrected chi connectivity index (χ3v) is 3.73. The molecule has 0 heterocycles. The van der Waals surface area contributed by atoms with E-state index in [1.54, 1.807) is 7.11 Å². The van der Waals surface area contributed by atoms with Crippen molar-refractivity contribution in [2.24, 2.45) is 0 Å². The Hall–Kier alpha value is -0.140. The summed E-state index contributed by atoms with van der Waals surface area (Å²) in [5.74, 6) is 0.811. The fourth-order valence-electron chi connectivity index (χ4n) is 1.67. The first-order valence-corrected chi connectivity index (χ1v) is 8.09. The zero-order chi connectivity index (χ0) is 14.8. The van der Waals surface area contributed by atoms with Gasteiger partial charge in [-0.15, -0.1) is 0 Å². The summed E-state index contributed by atoms with van der Waals surface area (Å²) >= 11 is 7.06. The smallest absolute Gasteiger partial charge is 0.147 e. The van der Waals surface area contributed by atoms with Gasteiger partial charge in [0.15, 0.2) is 0 Å². The van der Waals surface area contributed by atoms with Gasteiger partial charge >= 0.3 is 0 Å². The molecular formula is C14H21Br2NO3. The SMILES string of the molecule is CNCc1cc(Br)c(OCCOCCCOC)c(Br)c1. The van der Waals surface area contributed by atoms with E-state index in [0.29, 0.717) is 19.8 Å². The fraction of sp³-hybridized carbons (Fsp3) is 0.571. The van der Waals surface area contributed by atoms with E-state index in [4.69, 9.17) is 14.2 Å². The predicted octanol–water partition coefficient (Wildman–Crippen LogP) is 3.36. The molecule has 1 aromatic rings. The summed E-state index contributed by atoms with van der Waals surface area (Å²) < 4.78 is 18.0. The zero-order valence-corrected chi connectivity index (χ0v) is 15.1. The number of rotatable bonds is 10. The van der Waals surface area contributed by atoms with Gasteiger partial charge in [0.2, 0.25) is 0 Å². The average Bonchev–Trinajstić information content (AvgIpc) is 2.40. The Bertz CT molecular complexity index is 379. The summed E-state index contributed by atoms with van der Waals surface area (Å²) in [5, 5.41) is 3.12. The topological polar surface area (TPSA) is 39.7 Å². The minimum atomic E-state index is 0.523. The first-order valence-electron chi connectivity index (χ1n) is 6.51. The number of nitrogens with one attached hydrogen (secondary N) is 1. The highest BCUT2D eigenvalue weighted by atomic mass is 79.9. The third-order valence-electron chi connectivity index (χ3n) is 2.55. The van der Waals surface area contributed by atoms with Gasteiger partial charge in [-0.1, -0.05) is 0 Å². The number of ether oxygens (including phenoxy) is 3. The molecule has 0 saturated heterocycles. The van der Waals surface area contributed by atoms with Gasteiger partial charge in [0, 0.05) is 26.9 Å². The maximum atomic E-state index is 5.74. The molecule has 6 heteroatoms. The van der Waals surface area contributed by atoms with E-state index in [1.165, 1.54) is 5.56 Å². The van der Waals surface area contributed by atoms with E-state index in [2.05, 4.69) is 49.3 Å². The van der Waals surface area contributed by atoms with Crippen LogP contribution in [0.2, 0.25) is 0 Å². The quantitative estimate of drug-likeness (QED) is 0.600. The number of halogens is 2. The molecule has 4 nitrogen and oxygen atoms in total. The first-order chi connectivity index (χ1) is 9.69. The Morgan fingerprint density at radius 2 is 1.75 bits per heavy atom. The number of methoxy groups -OCH3 is 1. The Labute approximate surface area is 137 Å². The standard InChI is InChI=1S/C14H21Br2NO3/c1-17-10-11-8-12(15)14(13(16)9-11)20-7-6-19-5-3-4-18-2/h8-9,17H,3-7,10H2,1-2H3. The Morgan fingerprint density at radius 3 is 2.35 bits per heavy atom. The fourth-order valence-corrected chi connectivity index (χ4v) is 3.18. The van der Waals surface area contributed by atoms with Crippen LogP contribution in [0.15, 0.2) is 21.1 Å². The second-order valence-corrected chi connectivity index (χ2v) is 5.93. The van der Waals surface area contributed by atoms with E-state index < -0.39 is 0 Å². The van der Waals surface area contributed by atoms with Crippen molar-refractivity contribution in [2.75, 3.05) is 40.6 Å². The maximum Gasteiger partial charge on any atom is 0.147 e. The summed E-state index contributed by atoms with van der Waals surface area (Å²) in [4.78, 5) is 0. The van der Waals surface area contributed by atoms with Crippen molar-refractivity contribution >= 4 is 31.9 Å². The molecule has 0 fully saturated rings. The van der Waals surface area contributed by atoms with Gasteiger partial charge < -0.3 is 19.5 Å². The molecule has 0 unspecified atom stereocenters. The number of hydrogen-bond acceptors (Lipinski definition) is 4. The Morgan fingerprint density at radius 1 is 1.05 bits per heavy atom. The van der Waals surface area contributed by atoms with Crippen molar-refractivity contribution in [3.05, 3.63) is 26.6 Å². The highest BCUT2D eigenvalue weighted by molar-refractivity contribution is 9.11. The zero-order valence-electron chi connectivity index (χ0n) is 11.9. The molecule has 0 atom stereocenters. The van der Waals surface area contributed by atoms with Crippen molar-refractivity contribution in [1.29, 1.82) is 0 Å². The van der Waals surface area contributed by atoms with Crippen molar-refractivity contribution in [2.45, 2.75) is 13.0 Å². The van der Waals surface area contributed by atoms with Crippen molar-refractivity contribution in [3.63, 3.8) is 0 Å². The van der Waals surface area contributed by atoms with Crippen molar-refractivity contribution in [3.8, 4) is 5.75 Å². The van der Waals surface area contributed by atoms with Gasteiger partial charge in [0.25, 0.3) is 0 Å². The molecule has 0 saturated carbocycles. The molecule has 0 amide bonds. The van der Waals surface area contributed by atoms with Crippen LogP contribution in [0, 0.1) is 0 Å². The van der Waals surface area contributed by atoms with E-state index in [1.807, 2.05) is 7.05 Å². The Balaban J connectivity index is 2.36. The van der Waals surface area contributed by atoms with Crippen LogP contribution in [0.25, 0.3) is 0 Å². The average molecular weight is 411 g/mol. The van der Waals surface area contributed by atoms with E-state index >= 15 is 0 Å². The minimum absolute atomic E-state index is 0.523. The molecule has 0 aliphatic carbocycles. The number of hydrogen-bond donors (Lipinski definition) is 1. The van der Waals surface area contributed by atoms with Crippen molar-refractivity contribution < 1.29 is 14.2 Å². The van der Waals surface area contributed by atoms with Gasteiger partial charge in [0.05, 0.1) is 15.6 Å². The van der Waals surface area contributed by atoms with E-state index in [9.17, 15) is 0 Å². The van der Waals surface area contributed by atoms with Crippen LogP contribution in [-0.2, 0) is 16.0 Å². The lowest BCUT2D eigenvalue weighted by Gasteiger charge is -2.12. The van der Waals surface area contributed by atoms with Gasteiger partial charge in [-0.3, -0.25) is 0 Å². The largest absolute Gasteiger partial charge is 0.489 e. The van der Waals surface area contributed by atoms with Crippen LogP contribution in [0.3, 0.4) is 0 Å². The molecule has 0 aromatic heterocycles. The highest BCUT2D eigenvalue weighted by Crippen LogP contribution is 2.34. The van der Waals surface area contributed by atoms with Crippen LogP contribution < -0.4 is 10.1 Å². The highest BCUT2D eigenvalue weighted by Gasteiger charge is 2.08. The number of benzene rings is 1. The summed E-state index contributed by atoms with van der Waals surface area (Å²) in [7, 11) is 3.61. The summed E-state index contributed by atoms with van der Waals surface area (Å²) in [5.41, 5.74) is 1.19. The normalized spacial score (nSPS) is 10.8. The molecule has 1 aromatic carbocycles. The van der Waals surface area contributed by atoms with Crippen LogP contribution in [0.4, 0.5) is 0 Å². The lowest BCUT2D eigenvalue weighted by molar-refractivity contribution is 0.0803. The molecule has 0 bridgehead atoms. The maximum absolute atomic E-state index is 5.74. The molecule has 0 aliphatic heterocycles. The predicted molar refractivity (Wildman–Crippen MR) is 87.4 cm³/mol. The molecule has 114 valence electrons. The Kier molecular flexibility index (Phi) is 9.46. The van der Waals surface area contributed by atoms with Gasteiger partial charge in [-0.25, -0.2) is 0 Å². The molecule has 1 N–H and O–H groups in total. The molecule has 0 spiro atoms. The lowest BCUT2D eigenvalue weighted by Crippen LogP contribution is -2.10. The van der Waals surface area contributed by atoms with Gasteiger partial charge in [-0.2, -0.15) is 0 Å². The van der Waals surface area contributed by atoms with Crippen molar-refractivity contribution in [1.82, 2.24) is 5.32 Å². The molecule has 0 radical (unpaired) electrons. The van der Waals surface area contributed by atoms with E-state index in [-0.39, 0.29) is 0 Å². The van der Waals surface area contributed by atoms with Crippen LogP contribution in [0.1, 0.15) is 12.0 Å². The molecular weight excluding hydrogens is 390 g/mol. The third kappa shape index (κ3) is 6.54. The second-order valence-electron chi connectivity index (χ2n) is 4.23. The van der Waals surface area contributed by atoms with Crippen LogP contribution in [0.5, 0.6) is 5.75 Å². The minimum Gasteiger partial charge on any atom is -0.489 e. The molecule has 0 aliphatic rings. The summed E-state index contributed by atoms with van der Waals surface area (Å²) in [6.07, 6.45) is 0.905. The second kappa shape index (κ2) is 10.6. The lowest BCUT2D eigenvalue weighted by atomic mass is 10.2. The summed E-state index contributed by atoms with van der Waals surface area (Å²) in [6, 6.07) is 4.10. The van der Waals surface area contributed by atoms with Crippen LogP contribution >= 0.6 is 31.9 Å². The summed E-state index contributed by atoms with van der Waals surface area (Å²) in [6.45, 7) is 3.34. The molecule has 1 rings (SSSR count). The van der Waals surface area contributed by atoms with Gasteiger partial charge in [0.1, 0.15) is 12.4 Å². The molecule has 20 heavy (non-hydrogen) atoms. The van der Waals surface area contributed by atoms with Crippen LogP contribution in [-0.4, -0.2) is 40.6 Å². The van der Waals surface area contributed by atoms with E-state index in [0.717, 1.165) is 34.3 Å². The van der Waals surface area contributed by atoms with Gasteiger partial charge in [-0.05, 0) is 63.0 Å². The monoisotopic (exact) mass is 409 g/mol. The first kappa shape index (κ1) is 17.9.